The third kappa shape index (κ3) is 5.00. The molecule has 7 heteroatoms. The summed E-state index contributed by atoms with van der Waals surface area (Å²) in [7, 11) is 0.0229. The lowest BCUT2D eigenvalue weighted by Crippen LogP contribution is -2.24. The van der Waals surface area contributed by atoms with Crippen LogP contribution < -0.4 is 4.72 Å². The lowest BCUT2D eigenvalue weighted by atomic mass is 10.1. The predicted molar refractivity (Wildman–Crippen MR) is 89.3 cm³/mol. The highest BCUT2D eigenvalue weighted by Crippen LogP contribution is 2.19. The van der Waals surface area contributed by atoms with Gasteiger partial charge in [0.2, 0.25) is 10.0 Å². The topological polar surface area (TPSA) is 49.4 Å². The lowest BCUT2D eigenvalue weighted by molar-refractivity contribution is 0.402. The number of benzene rings is 2. The molecule has 0 aliphatic heterocycles. The molecule has 0 spiro atoms. The van der Waals surface area contributed by atoms with E-state index >= 15 is 0 Å². The van der Waals surface area contributed by atoms with Gasteiger partial charge in [-0.3, -0.25) is 0 Å². The SMILES string of the molecule is CN(C)Cc1ccc(CNS(=O)(=O)c2ccc(Cl)cc2F)cc1. The highest BCUT2D eigenvalue weighted by Gasteiger charge is 2.18. The van der Waals surface area contributed by atoms with E-state index in [0.29, 0.717) is 0 Å². The summed E-state index contributed by atoms with van der Waals surface area (Å²) in [5.41, 5.74) is 1.93. The molecule has 0 aliphatic rings. The molecule has 2 aromatic carbocycles. The summed E-state index contributed by atoms with van der Waals surface area (Å²) >= 11 is 5.63. The largest absolute Gasteiger partial charge is 0.305 e. The Hall–Kier alpha value is -1.47. The summed E-state index contributed by atoms with van der Waals surface area (Å²) in [4.78, 5) is 1.63. The van der Waals surface area contributed by atoms with Gasteiger partial charge in [0.1, 0.15) is 10.7 Å². The minimum atomic E-state index is -3.93. The number of rotatable bonds is 6. The molecule has 0 heterocycles. The van der Waals surface area contributed by atoms with Crippen molar-refractivity contribution in [1.82, 2.24) is 9.62 Å². The second-order valence-electron chi connectivity index (χ2n) is 5.45. The first-order chi connectivity index (χ1) is 10.8. The van der Waals surface area contributed by atoms with Crippen LogP contribution in [0.25, 0.3) is 0 Å². The van der Waals surface area contributed by atoms with Crippen molar-refractivity contribution in [1.29, 1.82) is 0 Å². The summed E-state index contributed by atoms with van der Waals surface area (Å²) in [6.45, 7) is 0.897. The molecule has 0 bridgehead atoms. The summed E-state index contributed by atoms with van der Waals surface area (Å²) in [5.74, 6) is -0.869. The Morgan fingerprint density at radius 1 is 1.09 bits per heavy atom. The van der Waals surface area contributed by atoms with Gasteiger partial charge in [0.25, 0.3) is 0 Å². The highest BCUT2D eigenvalue weighted by molar-refractivity contribution is 7.89. The third-order valence-electron chi connectivity index (χ3n) is 3.17. The molecule has 0 radical (unpaired) electrons. The van der Waals surface area contributed by atoms with E-state index < -0.39 is 20.7 Å². The minimum absolute atomic E-state index is 0.0899. The Morgan fingerprint density at radius 3 is 2.26 bits per heavy atom. The number of nitrogens with zero attached hydrogens (tertiary/aromatic N) is 1. The van der Waals surface area contributed by atoms with E-state index in [2.05, 4.69) is 4.72 Å². The second-order valence-corrected chi connectivity index (χ2v) is 7.63. The molecule has 0 aromatic heterocycles. The molecular formula is C16H18ClFN2O2S. The van der Waals surface area contributed by atoms with Crippen molar-refractivity contribution in [3.63, 3.8) is 0 Å². The van der Waals surface area contributed by atoms with Crippen molar-refractivity contribution in [3.8, 4) is 0 Å². The van der Waals surface area contributed by atoms with E-state index in [1.165, 1.54) is 6.07 Å². The van der Waals surface area contributed by atoms with Crippen LogP contribution in [0.3, 0.4) is 0 Å². The first-order valence-corrected chi connectivity index (χ1v) is 8.81. The molecule has 1 N–H and O–H groups in total. The normalized spacial score (nSPS) is 11.9. The highest BCUT2D eigenvalue weighted by atomic mass is 35.5. The van der Waals surface area contributed by atoms with Crippen molar-refractivity contribution in [2.45, 2.75) is 18.0 Å². The maximum absolute atomic E-state index is 13.7. The van der Waals surface area contributed by atoms with Gasteiger partial charge in [0.05, 0.1) is 0 Å². The van der Waals surface area contributed by atoms with Crippen LogP contribution in [0.1, 0.15) is 11.1 Å². The van der Waals surface area contributed by atoms with Gasteiger partial charge in [-0.1, -0.05) is 35.9 Å². The molecule has 4 nitrogen and oxygen atoms in total. The second kappa shape index (κ2) is 7.40. The number of sulfonamides is 1. The van der Waals surface area contributed by atoms with Gasteiger partial charge in [-0.05, 0) is 43.4 Å². The molecule has 0 saturated heterocycles. The van der Waals surface area contributed by atoms with Gasteiger partial charge < -0.3 is 4.90 Å². The Kier molecular flexibility index (Phi) is 5.75. The van der Waals surface area contributed by atoms with E-state index in [1.54, 1.807) is 0 Å². The standard InChI is InChI=1S/C16H18ClFN2O2S/c1-20(2)11-13-5-3-12(4-6-13)10-19-23(21,22)16-8-7-14(17)9-15(16)18/h3-9,19H,10-11H2,1-2H3. The van der Waals surface area contributed by atoms with Crippen molar-refractivity contribution in [2.24, 2.45) is 0 Å². The molecule has 2 aromatic rings. The number of hydrogen-bond acceptors (Lipinski definition) is 3. The molecule has 0 saturated carbocycles. The van der Waals surface area contributed by atoms with Gasteiger partial charge in [0, 0.05) is 18.1 Å². The molecule has 0 fully saturated rings. The van der Waals surface area contributed by atoms with Crippen LogP contribution in [0.5, 0.6) is 0 Å². The van der Waals surface area contributed by atoms with Crippen molar-refractivity contribution < 1.29 is 12.8 Å². The average molecular weight is 357 g/mol. The van der Waals surface area contributed by atoms with Gasteiger partial charge in [-0.25, -0.2) is 17.5 Å². The van der Waals surface area contributed by atoms with E-state index in [9.17, 15) is 12.8 Å². The summed E-state index contributed by atoms with van der Waals surface area (Å²) < 4.78 is 40.4. The van der Waals surface area contributed by atoms with Crippen LogP contribution in [0.15, 0.2) is 47.4 Å². The molecule has 0 aliphatic carbocycles. The quantitative estimate of drug-likeness (QED) is 0.865. The van der Waals surface area contributed by atoms with Crippen LogP contribution in [0.2, 0.25) is 5.02 Å². The zero-order chi connectivity index (χ0) is 17.0. The maximum atomic E-state index is 13.7. The first-order valence-electron chi connectivity index (χ1n) is 6.95. The molecule has 2 rings (SSSR count). The molecule has 0 atom stereocenters. The van der Waals surface area contributed by atoms with Crippen LogP contribution in [-0.4, -0.2) is 27.4 Å². The third-order valence-corrected chi connectivity index (χ3v) is 4.84. The van der Waals surface area contributed by atoms with Crippen molar-refractivity contribution in [2.75, 3.05) is 14.1 Å². The molecule has 0 unspecified atom stereocenters. The smallest absolute Gasteiger partial charge is 0.243 e. The summed E-state index contributed by atoms with van der Waals surface area (Å²) in [5, 5.41) is 0.151. The fourth-order valence-electron chi connectivity index (χ4n) is 2.08. The zero-order valence-corrected chi connectivity index (χ0v) is 14.5. The van der Waals surface area contributed by atoms with Crippen LogP contribution in [0.4, 0.5) is 4.39 Å². The number of hydrogen-bond donors (Lipinski definition) is 1. The summed E-state index contributed by atoms with van der Waals surface area (Å²) in [6.07, 6.45) is 0. The van der Waals surface area contributed by atoms with Gasteiger partial charge >= 0.3 is 0 Å². The monoisotopic (exact) mass is 356 g/mol. The van der Waals surface area contributed by atoms with Gasteiger partial charge in [0.15, 0.2) is 0 Å². The fourth-order valence-corrected chi connectivity index (χ4v) is 3.31. The lowest BCUT2D eigenvalue weighted by Gasteiger charge is -2.11. The average Bonchev–Trinajstić information content (AvgIpc) is 2.45. The van der Waals surface area contributed by atoms with Crippen LogP contribution >= 0.6 is 11.6 Å². The van der Waals surface area contributed by atoms with Crippen LogP contribution in [0, 0.1) is 5.82 Å². The van der Waals surface area contributed by atoms with E-state index in [1.807, 2.05) is 43.3 Å². The maximum Gasteiger partial charge on any atom is 0.243 e. The Bertz CT molecular complexity index is 777. The Labute approximate surface area is 140 Å². The molecule has 23 heavy (non-hydrogen) atoms. The van der Waals surface area contributed by atoms with Crippen molar-refractivity contribution in [3.05, 3.63) is 64.4 Å². The first kappa shape index (κ1) is 17.9. The summed E-state index contributed by atoms with van der Waals surface area (Å²) in [6, 6.07) is 11.0. The van der Waals surface area contributed by atoms with Gasteiger partial charge in [-0.2, -0.15) is 0 Å². The Balaban J connectivity index is 2.07. The van der Waals surface area contributed by atoms with Crippen molar-refractivity contribution >= 4 is 21.6 Å². The Morgan fingerprint density at radius 2 is 1.70 bits per heavy atom. The fraction of sp³-hybridized carbons (Fsp3) is 0.250. The molecular weight excluding hydrogens is 339 g/mol. The molecule has 124 valence electrons. The number of halogens is 2. The van der Waals surface area contributed by atoms with Gasteiger partial charge in [-0.15, -0.1) is 0 Å². The molecule has 0 amide bonds. The van der Waals surface area contributed by atoms with E-state index in [4.69, 9.17) is 11.6 Å². The predicted octanol–water partition coefficient (Wildman–Crippen LogP) is 3.02. The number of nitrogens with one attached hydrogen (secondary N) is 1. The van der Waals surface area contributed by atoms with E-state index in [-0.39, 0.29) is 11.6 Å². The van der Waals surface area contributed by atoms with E-state index in [0.717, 1.165) is 29.8 Å². The minimum Gasteiger partial charge on any atom is -0.305 e. The van der Waals surface area contributed by atoms with Crippen LogP contribution in [-0.2, 0) is 23.1 Å². The zero-order valence-electron chi connectivity index (χ0n) is 12.9.